The average Bonchev–Trinajstić information content (AvgIpc) is 2.81. The van der Waals surface area contributed by atoms with E-state index < -0.39 is 12.1 Å². The minimum absolute atomic E-state index is 0.0704. The number of para-hydroxylation sites is 1. The first-order valence-electron chi connectivity index (χ1n) is 10.1. The topological polar surface area (TPSA) is 55.8 Å². The maximum atomic E-state index is 13.7. The standard InChI is InChI=1S/C24H29NO4S/c1-16(26)29-21-22(17-10-12-18(28-5)13-11-17)30-20-9-7-6-8-19(20)25(23(21)27)15-14-24(2,3)4/h6-13,21-22H,14-15H2,1-5H3/t21-,22+/m1/s1. The molecule has 0 fully saturated rings. The molecule has 0 bridgehead atoms. The third-order valence-electron chi connectivity index (χ3n) is 5.02. The highest BCUT2D eigenvalue weighted by molar-refractivity contribution is 7.99. The monoisotopic (exact) mass is 427 g/mol. The molecule has 2 aromatic carbocycles. The summed E-state index contributed by atoms with van der Waals surface area (Å²) in [5.41, 5.74) is 1.85. The zero-order chi connectivity index (χ0) is 21.9. The Morgan fingerprint density at radius 2 is 1.77 bits per heavy atom. The van der Waals surface area contributed by atoms with Crippen LogP contribution in [0, 0.1) is 5.41 Å². The first-order chi connectivity index (χ1) is 14.2. The largest absolute Gasteiger partial charge is 0.497 e. The fourth-order valence-electron chi connectivity index (χ4n) is 3.39. The third-order valence-corrected chi connectivity index (χ3v) is 6.39. The molecule has 0 N–H and O–H groups in total. The number of hydrogen-bond donors (Lipinski definition) is 0. The lowest BCUT2D eigenvalue weighted by Gasteiger charge is -2.29. The number of thioether (sulfide) groups is 1. The summed E-state index contributed by atoms with van der Waals surface area (Å²) in [4.78, 5) is 28.4. The van der Waals surface area contributed by atoms with E-state index in [0.29, 0.717) is 6.54 Å². The lowest BCUT2D eigenvalue weighted by Crippen LogP contribution is -2.43. The highest BCUT2D eigenvalue weighted by Crippen LogP contribution is 2.47. The Hall–Kier alpha value is -2.47. The third kappa shape index (κ3) is 5.17. The molecule has 0 unspecified atom stereocenters. The van der Waals surface area contributed by atoms with Crippen molar-refractivity contribution in [3.63, 3.8) is 0 Å². The smallest absolute Gasteiger partial charge is 0.303 e. The van der Waals surface area contributed by atoms with Gasteiger partial charge in [0.25, 0.3) is 5.91 Å². The van der Waals surface area contributed by atoms with Gasteiger partial charge in [-0.1, -0.05) is 45.0 Å². The molecule has 0 radical (unpaired) electrons. The number of amides is 1. The van der Waals surface area contributed by atoms with Crippen LogP contribution in [-0.4, -0.2) is 31.6 Å². The van der Waals surface area contributed by atoms with Crippen LogP contribution in [0.2, 0.25) is 0 Å². The van der Waals surface area contributed by atoms with Gasteiger partial charge >= 0.3 is 5.97 Å². The maximum Gasteiger partial charge on any atom is 0.303 e. The number of hydrogen-bond acceptors (Lipinski definition) is 5. The number of nitrogens with zero attached hydrogens (tertiary/aromatic N) is 1. The summed E-state index contributed by atoms with van der Waals surface area (Å²) in [6.45, 7) is 8.37. The van der Waals surface area contributed by atoms with Gasteiger partial charge in [-0.25, -0.2) is 0 Å². The van der Waals surface area contributed by atoms with Crippen LogP contribution in [-0.2, 0) is 14.3 Å². The van der Waals surface area contributed by atoms with Crippen LogP contribution in [0.3, 0.4) is 0 Å². The van der Waals surface area contributed by atoms with Gasteiger partial charge in [-0.2, -0.15) is 0 Å². The van der Waals surface area contributed by atoms with Crippen LogP contribution in [0.5, 0.6) is 5.75 Å². The quantitative estimate of drug-likeness (QED) is 0.611. The molecule has 0 saturated heterocycles. The number of carbonyl (C=O) groups is 2. The van der Waals surface area contributed by atoms with E-state index in [-0.39, 0.29) is 16.6 Å². The van der Waals surface area contributed by atoms with E-state index >= 15 is 0 Å². The summed E-state index contributed by atoms with van der Waals surface area (Å²) in [5.74, 6) is 0.0850. The molecule has 2 aromatic rings. The lowest BCUT2D eigenvalue weighted by atomic mass is 9.92. The second kappa shape index (κ2) is 9.13. The summed E-state index contributed by atoms with van der Waals surface area (Å²) < 4.78 is 10.9. The summed E-state index contributed by atoms with van der Waals surface area (Å²) in [7, 11) is 1.62. The second-order valence-electron chi connectivity index (χ2n) is 8.61. The van der Waals surface area contributed by atoms with Crippen molar-refractivity contribution in [1.82, 2.24) is 0 Å². The number of anilines is 1. The minimum atomic E-state index is -0.909. The molecule has 3 rings (SSSR count). The molecule has 2 atom stereocenters. The van der Waals surface area contributed by atoms with E-state index in [0.717, 1.165) is 28.3 Å². The molecule has 0 aliphatic carbocycles. The van der Waals surface area contributed by atoms with Gasteiger partial charge < -0.3 is 14.4 Å². The summed E-state index contributed by atoms with van der Waals surface area (Å²) in [6.07, 6.45) is -0.0779. The first kappa shape index (κ1) is 22.2. The van der Waals surface area contributed by atoms with E-state index in [4.69, 9.17) is 9.47 Å². The van der Waals surface area contributed by atoms with Crippen molar-refractivity contribution in [3.8, 4) is 5.75 Å². The molecule has 1 aliphatic rings. The second-order valence-corrected chi connectivity index (χ2v) is 9.79. The minimum Gasteiger partial charge on any atom is -0.497 e. The number of ether oxygens (including phenoxy) is 2. The SMILES string of the molecule is COc1ccc([C@@H]2Sc3ccccc3N(CCC(C)(C)C)C(=O)[C@@H]2OC(C)=O)cc1. The Balaban J connectivity index is 2.06. The molecular formula is C24H29NO4S. The van der Waals surface area contributed by atoms with Gasteiger partial charge in [0.1, 0.15) is 5.75 Å². The Bertz CT molecular complexity index is 904. The van der Waals surface area contributed by atoms with Crippen molar-refractivity contribution in [2.24, 2.45) is 5.41 Å². The highest BCUT2D eigenvalue weighted by atomic mass is 32.2. The van der Waals surface area contributed by atoms with Crippen LogP contribution in [0.4, 0.5) is 5.69 Å². The highest BCUT2D eigenvalue weighted by Gasteiger charge is 2.40. The van der Waals surface area contributed by atoms with Gasteiger partial charge in [0.15, 0.2) is 6.10 Å². The van der Waals surface area contributed by atoms with Crippen molar-refractivity contribution in [2.75, 3.05) is 18.6 Å². The normalized spacial score (nSPS) is 19.1. The maximum absolute atomic E-state index is 13.7. The van der Waals surface area contributed by atoms with Gasteiger partial charge in [-0.15, -0.1) is 11.8 Å². The summed E-state index contributed by atoms with van der Waals surface area (Å²) in [5, 5.41) is -0.354. The van der Waals surface area contributed by atoms with E-state index in [1.165, 1.54) is 6.92 Å². The molecule has 1 heterocycles. The van der Waals surface area contributed by atoms with Crippen molar-refractivity contribution in [1.29, 1.82) is 0 Å². The molecule has 30 heavy (non-hydrogen) atoms. The van der Waals surface area contributed by atoms with Gasteiger partial charge in [-0.05, 0) is 41.7 Å². The van der Waals surface area contributed by atoms with Gasteiger partial charge in [-0.3, -0.25) is 9.59 Å². The van der Waals surface area contributed by atoms with Crippen molar-refractivity contribution < 1.29 is 19.1 Å². The Morgan fingerprint density at radius 1 is 1.10 bits per heavy atom. The van der Waals surface area contributed by atoms with Crippen LogP contribution < -0.4 is 9.64 Å². The van der Waals surface area contributed by atoms with Crippen LogP contribution in [0.1, 0.15) is 44.9 Å². The van der Waals surface area contributed by atoms with Gasteiger partial charge in [0.2, 0.25) is 0 Å². The number of benzene rings is 2. The number of methoxy groups -OCH3 is 1. The molecule has 1 amide bonds. The lowest BCUT2D eigenvalue weighted by molar-refractivity contribution is -0.152. The van der Waals surface area contributed by atoms with Gasteiger partial charge in [0, 0.05) is 18.4 Å². The van der Waals surface area contributed by atoms with Crippen LogP contribution in [0.25, 0.3) is 0 Å². The number of fused-ring (bicyclic) bond motifs is 1. The predicted molar refractivity (Wildman–Crippen MR) is 120 cm³/mol. The molecule has 1 aliphatic heterocycles. The fraction of sp³-hybridized carbons (Fsp3) is 0.417. The molecule has 0 spiro atoms. The molecule has 160 valence electrons. The summed E-state index contributed by atoms with van der Waals surface area (Å²) in [6, 6.07) is 15.5. The molecule has 0 saturated carbocycles. The molecular weight excluding hydrogens is 398 g/mol. The fourth-order valence-corrected chi connectivity index (χ4v) is 4.70. The van der Waals surface area contributed by atoms with Crippen molar-refractivity contribution in [2.45, 2.75) is 50.4 Å². The Morgan fingerprint density at radius 3 is 2.37 bits per heavy atom. The van der Waals surface area contributed by atoms with Gasteiger partial charge in [0.05, 0.1) is 18.0 Å². The Labute approximate surface area is 182 Å². The zero-order valence-electron chi connectivity index (χ0n) is 18.2. The van der Waals surface area contributed by atoms with Crippen LogP contribution in [0.15, 0.2) is 53.4 Å². The number of carbonyl (C=O) groups excluding carboxylic acids is 2. The van der Waals surface area contributed by atoms with E-state index in [2.05, 4.69) is 20.8 Å². The number of esters is 1. The first-order valence-corrected chi connectivity index (χ1v) is 11.0. The van der Waals surface area contributed by atoms with Crippen molar-refractivity contribution in [3.05, 3.63) is 54.1 Å². The molecule has 6 heteroatoms. The molecule has 0 aromatic heterocycles. The number of rotatable bonds is 5. The molecule has 5 nitrogen and oxygen atoms in total. The van der Waals surface area contributed by atoms with E-state index in [1.807, 2.05) is 48.5 Å². The van der Waals surface area contributed by atoms with Crippen LogP contribution >= 0.6 is 11.8 Å². The summed E-state index contributed by atoms with van der Waals surface area (Å²) >= 11 is 1.55. The predicted octanol–water partition coefficient (Wildman–Crippen LogP) is 5.24. The Kier molecular flexibility index (Phi) is 6.76. The average molecular weight is 428 g/mol. The van der Waals surface area contributed by atoms with Crippen molar-refractivity contribution >= 4 is 29.3 Å². The zero-order valence-corrected chi connectivity index (χ0v) is 19.0. The van der Waals surface area contributed by atoms with E-state index in [9.17, 15) is 9.59 Å². The van der Waals surface area contributed by atoms with E-state index in [1.54, 1.807) is 23.8 Å².